The molecule has 0 aliphatic rings. The van der Waals surface area contributed by atoms with Gasteiger partial charge in [0.1, 0.15) is 6.07 Å². The minimum Gasteiger partial charge on any atom is -0.384 e. The molecule has 0 spiro atoms. The predicted molar refractivity (Wildman–Crippen MR) is 68.5 cm³/mol. The van der Waals surface area contributed by atoms with Crippen molar-refractivity contribution in [3.8, 4) is 6.07 Å². The van der Waals surface area contributed by atoms with E-state index in [1.807, 2.05) is 25.1 Å². The molecule has 0 aliphatic heterocycles. The van der Waals surface area contributed by atoms with Crippen molar-refractivity contribution in [2.45, 2.75) is 39.5 Å². The maximum Gasteiger partial charge on any atom is 0.102 e. The molecule has 0 aromatic heterocycles. The fourth-order valence-corrected chi connectivity index (χ4v) is 1.74. The minimum absolute atomic E-state index is 0.776. The lowest BCUT2D eigenvalue weighted by molar-refractivity contribution is 0.685. The van der Waals surface area contributed by atoms with E-state index in [0.29, 0.717) is 0 Å². The highest BCUT2D eigenvalue weighted by Gasteiger charge is 2.03. The summed E-state index contributed by atoms with van der Waals surface area (Å²) in [6, 6.07) is 8.19. The van der Waals surface area contributed by atoms with E-state index in [0.717, 1.165) is 23.4 Å². The van der Waals surface area contributed by atoms with E-state index >= 15 is 0 Å². The monoisotopic (exact) mass is 216 g/mol. The first kappa shape index (κ1) is 12.6. The molecule has 2 heteroatoms. The van der Waals surface area contributed by atoms with Gasteiger partial charge in [0.05, 0.1) is 11.3 Å². The molecule has 0 bridgehead atoms. The zero-order chi connectivity index (χ0) is 11.8. The first-order chi connectivity index (χ1) is 7.79. The molecule has 2 nitrogen and oxygen atoms in total. The molecule has 0 amide bonds. The second-order valence-electron chi connectivity index (χ2n) is 4.10. The van der Waals surface area contributed by atoms with Crippen LogP contribution >= 0.6 is 0 Å². The van der Waals surface area contributed by atoms with Gasteiger partial charge in [0.15, 0.2) is 0 Å². The second-order valence-corrected chi connectivity index (χ2v) is 4.10. The number of hydrogen-bond acceptors (Lipinski definition) is 2. The number of nitrogens with one attached hydrogen (secondary N) is 1. The average Bonchev–Trinajstić information content (AvgIpc) is 2.29. The number of nitrogens with zero attached hydrogens (tertiary/aromatic N) is 1. The summed E-state index contributed by atoms with van der Waals surface area (Å²) in [5, 5.41) is 12.4. The summed E-state index contributed by atoms with van der Waals surface area (Å²) < 4.78 is 0. The van der Waals surface area contributed by atoms with Gasteiger partial charge in [-0.1, -0.05) is 38.3 Å². The zero-order valence-corrected chi connectivity index (χ0v) is 10.2. The van der Waals surface area contributed by atoms with Crippen molar-refractivity contribution in [2.75, 3.05) is 11.9 Å². The Morgan fingerprint density at radius 3 is 2.75 bits per heavy atom. The van der Waals surface area contributed by atoms with Gasteiger partial charge in [0.2, 0.25) is 0 Å². The fraction of sp³-hybridized carbons (Fsp3) is 0.500. The van der Waals surface area contributed by atoms with Crippen molar-refractivity contribution in [1.29, 1.82) is 5.26 Å². The van der Waals surface area contributed by atoms with E-state index in [1.54, 1.807) is 0 Å². The molecular weight excluding hydrogens is 196 g/mol. The summed E-state index contributed by atoms with van der Waals surface area (Å²) in [5.41, 5.74) is 2.79. The van der Waals surface area contributed by atoms with Crippen LogP contribution in [0.15, 0.2) is 18.2 Å². The van der Waals surface area contributed by atoms with Crippen molar-refractivity contribution in [1.82, 2.24) is 0 Å². The summed E-state index contributed by atoms with van der Waals surface area (Å²) in [6.45, 7) is 5.14. The molecule has 0 aliphatic carbocycles. The maximum absolute atomic E-state index is 9.05. The van der Waals surface area contributed by atoms with Crippen molar-refractivity contribution < 1.29 is 0 Å². The van der Waals surface area contributed by atoms with Crippen LogP contribution in [0, 0.1) is 18.3 Å². The number of unbranched alkanes of at least 4 members (excludes halogenated alkanes) is 3. The van der Waals surface area contributed by atoms with Crippen LogP contribution in [0.1, 0.15) is 43.7 Å². The van der Waals surface area contributed by atoms with E-state index in [-0.39, 0.29) is 0 Å². The van der Waals surface area contributed by atoms with Crippen molar-refractivity contribution in [3.63, 3.8) is 0 Å². The van der Waals surface area contributed by atoms with Crippen LogP contribution in [-0.4, -0.2) is 6.54 Å². The first-order valence-corrected chi connectivity index (χ1v) is 6.03. The lowest BCUT2D eigenvalue weighted by Crippen LogP contribution is -2.03. The number of benzene rings is 1. The summed E-state index contributed by atoms with van der Waals surface area (Å²) in [7, 11) is 0. The third kappa shape index (κ3) is 3.58. The van der Waals surface area contributed by atoms with E-state index in [4.69, 9.17) is 5.26 Å². The van der Waals surface area contributed by atoms with E-state index < -0.39 is 0 Å². The Hall–Kier alpha value is -1.49. The molecule has 0 fully saturated rings. The Balaban J connectivity index is 2.48. The first-order valence-electron chi connectivity index (χ1n) is 6.03. The van der Waals surface area contributed by atoms with Crippen LogP contribution in [0.4, 0.5) is 5.69 Å². The fourth-order valence-electron chi connectivity index (χ4n) is 1.74. The number of hydrogen-bond donors (Lipinski definition) is 1. The second kappa shape index (κ2) is 6.90. The van der Waals surface area contributed by atoms with E-state index in [1.165, 1.54) is 25.7 Å². The minimum atomic E-state index is 0.776. The van der Waals surface area contributed by atoms with Gasteiger partial charge >= 0.3 is 0 Å². The normalized spacial score (nSPS) is 9.81. The van der Waals surface area contributed by atoms with Crippen molar-refractivity contribution in [2.24, 2.45) is 0 Å². The molecule has 0 radical (unpaired) electrons. The molecule has 86 valence electrons. The molecule has 0 unspecified atom stereocenters. The molecule has 1 rings (SSSR count). The van der Waals surface area contributed by atoms with Gasteiger partial charge in [0.25, 0.3) is 0 Å². The maximum atomic E-state index is 9.05. The van der Waals surface area contributed by atoms with Gasteiger partial charge in [-0.15, -0.1) is 0 Å². The molecule has 1 aromatic rings. The van der Waals surface area contributed by atoms with E-state index in [9.17, 15) is 0 Å². The van der Waals surface area contributed by atoms with Crippen molar-refractivity contribution in [3.05, 3.63) is 29.3 Å². The zero-order valence-electron chi connectivity index (χ0n) is 10.2. The van der Waals surface area contributed by atoms with Crippen LogP contribution in [0.3, 0.4) is 0 Å². The van der Waals surface area contributed by atoms with Gasteiger partial charge in [-0.05, 0) is 25.0 Å². The number of nitriles is 1. The van der Waals surface area contributed by atoms with Gasteiger partial charge in [0, 0.05) is 6.54 Å². The quantitative estimate of drug-likeness (QED) is 0.733. The third-order valence-electron chi connectivity index (χ3n) is 2.73. The van der Waals surface area contributed by atoms with Crippen LogP contribution < -0.4 is 5.32 Å². The molecule has 0 heterocycles. The largest absolute Gasteiger partial charge is 0.384 e. The molecule has 0 saturated carbocycles. The number of rotatable bonds is 6. The molecule has 0 atom stereocenters. The summed E-state index contributed by atoms with van der Waals surface area (Å²) in [5.74, 6) is 0. The Kier molecular flexibility index (Phi) is 5.42. The molecule has 1 N–H and O–H groups in total. The lowest BCUT2D eigenvalue weighted by atomic mass is 10.1. The molecule has 0 saturated heterocycles. The highest BCUT2D eigenvalue weighted by Crippen LogP contribution is 2.18. The van der Waals surface area contributed by atoms with Crippen LogP contribution in [0.25, 0.3) is 0 Å². The van der Waals surface area contributed by atoms with E-state index in [2.05, 4.69) is 18.3 Å². The standard InChI is InChI=1S/C14H20N2/c1-3-4-5-6-10-16-14-9-7-8-12(2)13(14)11-15/h7-9,16H,3-6,10H2,1-2H3. The van der Waals surface area contributed by atoms with Gasteiger partial charge in [-0.2, -0.15) is 5.26 Å². The number of aryl methyl sites for hydroxylation is 1. The third-order valence-corrected chi connectivity index (χ3v) is 2.73. The Bertz CT molecular complexity index is 363. The predicted octanol–water partition coefficient (Wildman–Crippen LogP) is 3.86. The summed E-state index contributed by atoms with van der Waals surface area (Å²) in [6.07, 6.45) is 4.98. The lowest BCUT2D eigenvalue weighted by Gasteiger charge is -2.09. The molecule has 1 aromatic carbocycles. The summed E-state index contributed by atoms with van der Waals surface area (Å²) in [4.78, 5) is 0. The Morgan fingerprint density at radius 2 is 2.06 bits per heavy atom. The highest BCUT2D eigenvalue weighted by molar-refractivity contribution is 5.60. The van der Waals surface area contributed by atoms with Gasteiger partial charge < -0.3 is 5.32 Å². The Labute approximate surface area is 98.3 Å². The van der Waals surface area contributed by atoms with Gasteiger partial charge in [-0.3, -0.25) is 0 Å². The van der Waals surface area contributed by atoms with Crippen LogP contribution in [0.2, 0.25) is 0 Å². The summed E-state index contributed by atoms with van der Waals surface area (Å²) >= 11 is 0. The van der Waals surface area contributed by atoms with Crippen molar-refractivity contribution >= 4 is 5.69 Å². The Morgan fingerprint density at radius 1 is 1.25 bits per heavy atom. The highest BCUT2D eigenvalue weighted by atomic mass is 14.9. The smallest absolute Gasteiger partial charge is 0.102 e. The average molecular weight is 216 g/mol. The SMILES string of the molecule is CCCCCCNc1cccc(C)c1C#N. The van der Waals surface area contributed by atoms with Crippen LogP contribution in [0.5, 0.6) is 0 Å². The molecular formula is C14H20N2. The van der Waals surface area contributed by atoms with Crippen LogP contribution in [-0.2, 0) is 0 Å². The topological polar surface area (TPSA) is 35.8 Å². The van der Waals surface area contributed by atoms with Gasteiger partial charge in [-0.25, -0.2) is 0 Å². The molecule has 16 heavy (non-hydrogen) atoms. The number of anilines is 1.